The van der Waals surface area contributed by atoms with Gasteiger partial charge in [-0.2, -0.15) is 0 Å². The average Bonchev–Trinajstić information content (AvgIpc) is 2.59. The van der Waals surface area contributed by atoms with E-state index in [2.05, 4.69) is 42.5 Å². The molecular formula is C18H14Br2N2O4S. The fourth-order valence-corrected chi connectivity index (χ4v) is 3.77. The molecule has 2 rings (SSSR count). The quantitative estimate of drug-likeness (QED) is 0.404. The molecular weight excluding hydrogens is 500 g/mol. The summed E-state index contributed by atoms with van der Waals surface area (Å²) in [5.41, 5.74) is 1.27. The number of carbonyl (C=O) groups excluding carboxylic acids is 1. The number of methoxy groups -OCH3 is 1. The standard InChI is InChI=1S/C18H14Br2N2O4S/c1-26-16-10(7-12(19)9-14(16)20)5-6-15(23)22-18(27)21-13-4-2-3-11(8-13)17(24)25/h2-9H,1H3,(H,24,25)(H2,21,22,23,27). The number of benzene rings is 2. The van der Waals surface area contributed by atoms with Crippen LogP contribution in [0.5, 0.6) is 5.75 Å². The minimum absolute atomic E-state index is 0.0505. The van der Waals surface area contributed by atoms with Crippen molar-refractivity contribution in [3.8, 4) is 5.75 Å². The Morgan fingerprint density at radius 3 is 2.63 bits per heavy atom. The highest BCUT2D eigenvalue weighted by Crippen LogP contribution is 2.33. The highest BCUT2D eigenvalue weighted by molar-refractivity contribution is 9.11. The van der Waals surface area contributed by atoms with Gasteiger partial charge in [-0.15, -0.1) is 0 Å². The van der Waals surface area contributed by atoms with Crippen LogP contribution in [0.2, 0.25) is 0 Å². The van der Waals surface area contributed by atoms with E-state index >= 15 is 0 Å². The number of amides is 1. The summed E-state index contributed by atoms with van der Waals surface area (Å²) in [6.07, 6.45) is 2.91. The number of aromatic carboxylic acids is 1. The molecule has 0 saturated heterocycles. The van der Waals surface area contributed by atoms with Crippen molar-refractivity contribution in [2.75, 3.05) is 12.4 Å². The Hall–Kier alpha value is -2.23. The number of rotatable bonds is 5. The van der Waals surface area contributed by atoms with Gasteiger partial charge in [0.2, 0.25) is 5.91 Å². The predicted molar refractivity (Wildman–Crippen MR) is 115 cm³/mol. The summed E-state index contributed by atoms with van der Waals surface area (Å²) in [6.45, 7) is 0. The van der Waals surface area contributed by atoms with Crippen LogP contribution >= 0.6 is 44.1 Å². The van der Waals surface area contributed by atoms with Crippen molar-refractivity contribution < 1.29 is 19.4 Å². The van der Waals surface area contributed by atoms with Gasteiger partial charge in [0.25, 0.3) is 0 Å². The lowest BCUT2D eigenvalue weighted by atomic mass is 10.2. The highest BCUT2D eigenvalue weighted by Gasteiger charge is 2.09. The molecule has 1 amide bonds. The third-order valence-electron chi connectivity index (χ3n) is 3.26. The number of halogens is 2. The number of carboxylic acid groups (broad SMARTS) is 1. The van der Waals surface area contributed by atoms with E-state index in [4.69, 9.17) is 22.1 Å². The molecule has 0 atom stereocenters. The van der Waals surface area contributed by atoms with E-state index in [1.165, 1.54) is 25.3 Å². The van der Waals surface area contributed by atoms with Crippen LogP contribution < -0.4 is 15.4 Å². The van der Waals surface area contributed by atoms with E-state index in [-0.39, 0.29) is 10.7 Å². The van der Waals surface area contributed by atoms with Gasteiger partial charge < -0.3 is 15.2 Å². The molecule has 0 aromatic heterocycles. The topological polar surface area (TPSA) is 87.7 Å². The molecule has 2 aromatic rings. The Labute approximate surface area is 177 Å². The molecule has 0 aliphatic heterocycles. The lowest BCUT2D eigenvalue weighted by Gasteiger charge is -2.09. The molecule has 0 aliphatic rings. The third-order valence-corrected chi connectivity index (χ3v) is 4.51. The van der Waals surface area contributed by atoms with Crippen LogP contribution in [0, 0.1) is 0 Å². The second kappa shape index (κ2) is 9.63. The van der Waals surface area contributed by atoms with Crippen LogP contribution in [0.4, 0.5) is 5.69 Å². The largest absolute Gasteiger partial charge is 0.495 e. The molecule has 27 heavy (non-hydrogen) atoms. The zero-order valence-electron chi connectivity index (χ0n) is 14.0. The van der Waals surface area contributed by atoms with Crippen molar-refractivity contribution in [2.24, 2.45) is 0 Å². The lowest BCUT2D eigenvalue weighted by molar-refractivity contribution is -0.115. The summed E-state index contributed by atoms with van der Waals surface area (Å²) in [7, 11) is 1.54. The summed E-state index contributed by atoms with van der Waals surface area (Å²) < 4.78 is 6.89. The monoisotopic (exact) mass is 512 g/mol. The van der Waals surface area contributed by atoms with Gasteiger partial charge in [-0.05, 0) is 64.6 Å². The minimum atomic E-state index is -1.05. The van der Waals surface area contributed by atoms with Gasteiger partial charge >= 0.3 is 5.97 Å². The zero-order chi connectivity index (χ0) is 20.0. The number of thiocarbonyl (C=S) groups is 1. The van der Waals surface area contributed by atoms with Crippen molar-refractivity contribution in [1.29, 1.82) is 0 Å². The molecule has 0 fully saturated rings. The van der Waals surface area contributed by atoms with Crippen LogP contribution in [0.1, 0.15) is 15.9 Å². The molecule has 0 aliphatic carbocycles. The van der Waals surface area contributed by atoms with E-state index in [1.54, 1.807) is 24.3 Å². The minimum Gasteiger partial charge on any atom is -0.495 e. The number of carbonyl (C=O) groups is 2. The van der Waals surface area contributed by atoms with E-state index in [9.17, 15) is 9.59 Å². The average molecular weight is 514 g/mol. The van der Waals surface area contributed by atoms with Crippen LogP contribution in [-0.2, 0) is 4.79 Å². The van der Waals surface area contributed by atoms with Gasteiger partial charge in [0.15, 0.2) is 5.11 Å². The van der Waals surface area contributed by atoms with E-state index < -0.39 is 11.9 Å². The van der Waals surface area contributed by atoms with Gasteiger partial charge in [-0.25, -0.2) is 4.79 Å². The first kappa shape index (κ1) is 21.1. The molecule has 0 unspecified atom stereocenters. The maximum Gasteiger partial charge on any atom is 0.335 e. The first-order valence-corrected chi connectivity index (χ1v) is 9.46. The van der Waals surface area contributed by atoms with Crippen LogP contribution in [-0.4, -0.2) is 29.2 Å². The van der Waals surface area contributed by atoms with Crippen LogP contribution in [0.25, 0.3) is 6.08 Å². The maximum absolute atomic E-state index is 12.1. The van der Waals surface area contributed by atoms with Crippen molar-refractivity contribution in [3.05, 3.63) is 62.5 Å². The first-order chi connectivity index (χ1) is 12.8. The Morgan fingerprint density at radius 2 is 1.96 bits per heavy atom. The maximum atomic E-state index is 12.1. The Morgan fingerprint density at radius 1 is 1.22 bits per heavy atom. The molecule has 0 bridgehead atoms. The molecule has 2 aromatic carbocycles. The summed E-state index contributed by atoms with van der Waals surface area (Å²) >= 11 is 11.9. The van der Waals surface area contributed by atoms with Crippen molar-refractivity contribution in [2.45, 2.75) is 0 Å². The molecule has 0 spiro atoms. The number of ether oxygens (including phenoxy) is 1. The molecule has 6 nitrogen and oxygen atoms in total. The van der Waals surface area contributed by atoms with E-state index in [1.807, 2.05) is 6.07 Å². The summed E-state index contributed by atoms with van der Waals surface area (Å²) in [5, 5.41) is 14.3. The van der Waals surface area contributed by atoms with Gasteiger partial charge in [-0.1, -0.05) is 22.0 Å². The van der Waals surface area contributed by atoms with Crippen molar-refractivity contribution >= 4 is 72.8 Å². The summed E-state index contributed by atoms with van der Waals surface area (Å²) in [5.74, 6) is -0.904. The SMILES string of the molecule is COc1c(Br)cc(Br)cc1C=CC(=O)NC(=S)Nc1cccc(C(=O)O)c1. The number of hydrogen-bond acceptors (Lipinski definition) is 4. The van der Waals surface area contributed by atoms with Gasteiger partial charge in [-0.3, -0.25) is 10.1 Å². The summed E-state index contributed by atoms with van der Waals surface area (Å²) in [4.78, 5) is 23.1. The number of nitrogens with one attached hydrogen (secondary N) is 2. The third kappa shape index (κ3) is 6.16. The molecule has 140 valence electrons. The van der Waals surface area contributed by atoms with E-state index in [0.29, 0.717) is 17.0 Å². The van der Waals surface area contributed by atoms with Gasteiger partial charge in [0, 0.05) is 21.8 Å². The molecule has 0 radical (unpaired) electrons. The molecule has 0 heterocycles. The normalized spacial score (nSPS) is 10.5. The number of hydrogen-bond donors (Lipinski definition) is 3. The fourth-order valence-electron chi connectivity index (χ4n) is 2.13. The van der Waals surface area contributed by atoms with Gasteiger partial charge in [0.1, 0.15) is 5.75 Å². The molecule has 0 saturated carbocycles. The Kier molecular flexibility index (Phi) is 7.52. The Balaban J connectivity index is 2.03. The number of carboxylic acids is 1. The van der Waals surface area contributed by atoms with Crippen molar-refractivity contribution in [3.63, 3.8) is 0 Å². The second-order valence-corrected chi connectivity index (χ2v) is 7.35. The first-order valence-electron chi connectivity index (χ1n) is 7.46. The lowest BCUT2D eigenvalue weighted by Crippen LogP contribution is -2.32. The highest BCUT2D eigenvalue weighted by atomic mass is 79.9. The molecule has 3 N–H and O–H groups in total. The Bertz CT molecular complexity index is 932. The fraction of sp³-hybridized carbons (Fsp3) is 0.0556. The second-order valence-electron chi connectivity index (χ2n) is 5.17. The van der Waals surface area contributed by atoms with Crippen molar-refractivity contribution in [1.82, 2.24) is 5.32 Å². The van der Waals surface area contributed by atoms with E-state index in [0.717, 1.165) is 8.95 Å². The van der Waals surface area contributed by atoms with Crippen LogP contribution in [0.3, 0.4) is 0 Å². The smallest absolute Gasteiger partial charge is 0.335 e. The number of anilines is 1. The summed E-state index contributed by atoms with van der Waals surface area (Å²) in [6, 6.07) is 9.74. The van der Waals surface area contributed by atoms with Crippen LogP contribution in [0.15, 0.2) is 51.4 Å². The predicted octanol–water partition coefficient (Wildman–Crippen LogP) is 4.44. The van der Waals surface area contributed by atoms with Gasteiger partial charge in [0.05, 0.1) is 17.1 Å². The zero-order valence-corrected chi connectivity index (χ0v) is 17.9. The molecule has 9 heteroatoms.